The zero-order valence-corrected chi connectivity index (χ0v) is 12.3. The summed E-state index contributed by atoms with van der Waals surface area (Å²) in [4.78, 5) is -0.566. The van der Waals surface area contributed by atoms with Crippen molar-refractivity contribution in [1.82, 2.24) is 4.31 Å². The van der Waals surface area contributed by atoms with Crippen molar-refractivity contribution in [1.29, 1.82) is 0 Å². The first-order valence-corrected chi connectivity index (χ1v) is 7.95. The highest BCUT2D eigenvalue weighted by Crippen LogP contribution is 2.26. The van der Waals surface area contributed by atoms with E-state index in [-0.39, 0.29) is 12.6 Å². The van der Waals surface area contributed by atoms with E-state index in [1.165, 1.54) is 7.05 Å². The molecule has 0 amide bonds. The molecule has 1 saturated heterocycles. The van der Waals surface area contributed by atoms with Gasteiger partial charge in [0.15, 0.2) is 5.82 Å². The molecule has 8 heteroatoms. The normalized spacial score (nSPS) is 19.8. The van der Waals surface area contributed by atoms with Crippen molar-refractivity contribution in [2.24, 2.45) is 0 Å². The molecule has 1 aliphatic heterocycles. The van der Waals surface area contributed by atoms with Crippen molar-refractivity contribution in [2.45, 2.75) is 23.2 Å². The molecule has 20 heavy (non-hydrogen) atoms. The van der Waals surface area contributed by atoms with E-state index in [9.17, 15) is 17.2 Å². The van der Waals surface area contributed by atoms with Crippen LogP contribution in [0.1, 0.15) is 12.0 Å². The number of ether oxygens (including phenoxy) is 1. The summed E-state index contributed by atoms with van der Waals surface area (Å²) in [5.41, 5.74) is -0.441. The second-order valence-corrected chi connectivity index (χ2v) is 6.74. The number of hydrogen-bond donors (Lipinski definition) is 0. The van der Waals surface area contributed by atoms with Gasteiger partial charge in [-0.3, -0.25) is 0 Å². The summed E-state index contributed by atoms with van der Waals surface area (Å²) in [6, 6.07) is 1.48. The fourth-order valence-electron chi connectivity index (χ4n) is 2.06. The van der Waals surface area contributed by atoms with Gasteiger partial charge in [-0.05, 0) is 18.6 Å². The first-order valence-electron chi connectivity index (χ1n) is 5.98. The number of nitrogens with zero attached hydrogens (tertiary/aromatic N) is 1. The molecule has 0 aromatic heterocycles. The fourth-order valence-corrected chi connectivity index (χ4v) is 3.76. The highest BCUT2D eigenvalue weighted by atomic mass is 35.5. The van der Waals surface area contributed by atoms with E-state index >= 15 is 0 Å². The van der Waals surface area contributed by atoms with Crippen LogP contribution in [-0.2, 0) is 20.6 Å². The van der Waals surface area contributed by atoms with Gasteiger partial charge in [0.05, 0.1) is 18.5 Å². The van der Waals surface area contributed by atoms with Crippen LogP contribution < -0.4 is 0 Å². The average molecular weight is 326 g/mol. The van der Waals surface area contributed by atoms with Gasteiger partial charge in [0, 0.05) is 19.2 Å². The fraction of sp³-hybridized carbons (Fsp3) is 0.500. The van der Waals surface area contributed by atoms with Crippen molar-refractivity contribution >= 4 is 21.6 Å². The SMILES string of the molecule is CN(C1CCOC1)S(=O)(=O)c1ccc(F)c(CCl)c1F. The number of benzene rings is 1. The second kappa shape index (κ2) is 5.93. The minimum absolute atomic E-state index is 0.265. The van der Waals surface area contributed by atoms with Crippen molar-refractivity contribution in [2.75, 3.05) is 20.3 Å². The van der Waals surface area contributed by atoms with Crippen LogP contribution in [-0.4, -0.2) is 39.0 Å². The van der Waals surface area contributed by atoms with Crippen LogP contribution >= 0.6 is 11.6 Å². The Kier molecular flexibility index (Phi) is 4.63. The topological polar surface area (TPSA) is 46.6 Å². The summed E-state index contributed by atoms with van der Waals surface area (Å²) in [7, 11) is -2.69. The van der Waals surface area contributed by atoms with Crippen LogP contribution in [0.2, 0.25) is 0 Å². The third-order valence-corrected chi connectivity index (χ3v) is 5.56. The van der Waals surface area contributed by atoms with E-state index in [4.69, 9.17) is 16.3 Å². The quantitative estimate of drug-likeness (QED) is 0.797. The number of hydrogen-bond acceptors (Lipinski definition) is 3. The third-order valence-electron chi connectivity index (χ3n) is 3.36. The van der Waals surface area contributed by atoms with E-state index in [1.54, 1.807) is 0 Å². The Hall–Kier alpha value is -0.760. The van der Waals surface area contributed by atoms with Crippen molar-refractivity contribution in [3.8, 4) is 0 Å². The Morgan fingerprint density at radius 1 is 1.45 bits per heavy atom. The van der Waals surface area contributed by atoms with Crippen LogP contribution in [0.15, 0.2) is 17.0 Å². The minimum Gasteiger partial charge on any atom is -0.380 e. The molecule has 1 heterocycles. The van der Waals surface area contributed by atoms with Gasteiger partial charge < -0.3 is 4.74 Å². The first-order chi connectivity index (χ1) is 9.39. The van der Waals surface area contributed by atoms with E-state index in [1.807, 2.05) is 0 Å². The Morgan fingerprint density at radius 3 is 2.70 bits per heavy atom. The molecule has 112 valence electrons. The van der Waals surface area contributed by atoms with Crippen molar-refractivity contribution in [3.05, 3.63) is 29.3 Å². The Labute approximate surface area is 121 Å². The van der Waals surface area contributed by atoms with Crippen LogP contribution in [0.5, 0.6) is 0 Å². The van der Waals surface area contributed by atoms with E-state index in [0.717, 1.165) is 16.4 Å². The van der Waals surface area contributed by atoms with Gasteiger partial charge in [-0.15, -0.1) is 11.6 Å². The molecule has 1 aromatic rings. The molecule has 0 saturated carbocycles. The van der Waals surface area contributed by atoms with E-state index < -0.39 is 38.0 Å². The molecule has 0 bridgehead atoms. The zero-order valence-electron chi connectivity index (χ0n) is 10.8. The van der Waals surface area contributed by atoms with E-state index in [2.05, 4.69) is 0 Å². The van der Waals surface area contributed by atoms with Crippen LogP contribution in [0.3, 0.4) is 0 Å². The maximum absolute atomic E-state index is 14.1. The average Bonchev–Trinajstić information content (AvgIpc) is 2.91. The van der Waals surface area contributed by atoms with Gasteiger partial charge in [-0.25, -0.2) is 17.2 Å². The minimum atomic E-state index is -4.05. The van der Waals surface area contributed by atoms with Gasteiger partial charge >= 0.3 is 0 Å². The molecule has 0 aliphatic carbocycles. The summed E-state index contributed by atoms with van der Waals surface area (Å²) in [6.07, 6.45) is 0.543. The molecule has 1 unspecified atom stereocenters. The largest absolute Gasteiger partial charge is 0.380 e. The molecule has 2 rings (SSSR count). The van der Waals surface area contributed by atoms with E-state index in [0.29, 0.717) is 13.0 Å². The van der Waals surface area contributed by atoms with Crippen LogP contribution in [0.25, 0.3) is 0 Å². The third kappa shape index (κ3) is 2.67. The lowest BCUT2D eigenvalue weighted by Gasteiger charge is -2.23. The highest BCUT2D eigenvalue weighted by molar-refractivity contribution is 7.89. The highest BCUT2D eigenvalue weighted by Gasteiger charge is 2.33. The van der Waals surface area contributed by atoms with Crippen LogP contribution in [0.4, 0.5) is 8.78 Å². The summed E-state index contributed by atoms with van der Waals surface area (Å²) in [5, 5.41) is 0. The van der Waals surface area contributed by atoms with Gasteiger partial charge in [0.2, 0.25) is 10.0 Å². The van der Waals surface area contributed by atoms with Gasteiger partial charge in [0.1, 0.15) is 10.7 Å². The predicted octanol–water partition coefficient (Wildman–Crippen LogP) is 2.11. The lowest BCUT2D eigenvalue weighted by Crippen LogP contribution is -2.37. The maximum atomic E-state index is 14.1. The summed E-state index contributed by atoms with van der Waals surface area (Å²) in [6.45, 7) is 0.726. The van der Waals surface area contributed by atoms with Crippen molar-refractivity contribution < 1.29 is 21.9 Å². The van der Waals surface area contributed by atoms with Gasteiger partial charge in [-0.1, -0.05) is 0 Å². The molecule has 0 spiro atoms. The van der Waals surface area contributed by atoms with Gasteiger partial charge in [-0.2, -0.15) is 4.31 Å². The smallest absolute Gasteiger partial charge is 0.246 e. The monoisotopic (exact) mass is 325 g/mol. The number of likely N-dealkylation sites (N-methyl/N-ethyl adjacent to an activating group) is 1. The van der Waals surface area contributed by atoms with Gasteiger partial charge in [0.25, 0.3) is 0 Å². The molecular formula is C12H14ClF2NO3S. The molecule has 0 N–H and O–H groups in total. The van der Waals surface area contributed by atoms with Crippen LogP contribution in [0, 0.1) is 11.6 Å². The molecular weight excluding hydrogens is 312 g/mol. The standard InChI is InChI=1S/C12H14ClF2NO3S/c1-16(8-4-5-19-7-8)20(17,18)11-3-2-10(14)9(6-13)12(11)15/h2-3,8H,4-7H2,1H3. The summed E-state index contributed by atoms with van der Waals surface area (Å²) < 4.78 is 58.4. The number of alkyl halides is 1. The Balaban J connectivity index is 2.44. The Bertz CT molecular complexity index is 603. The molecule has 1 fully saturated rings. The molecule has 1 atom stereocenters. The number of halogens is 3. The summed E-state index contributed by atoms with van der Waals surface area (Å²) >= 11 is 5.46. The number of sulfonamides is 1. The molecule has 4 nitrogen and oxygen atoms in total. The first kappa shape index (κ1) is 15.6. The number of rotatable bonds is 4. The zero-order chi connectivity index (χ0) is 14.9. The molecule has 1 aliphatic rings. The maximum Gasteiger partial charge on any atom is 0.246 e. The lowest BCUT2D eigenvalue weighted by atomic mass is 10.2. The molecule has 1 aromatic carbocycles. The predicted molar refractivity (Wildman–Crippen MR) is 70.1 cm³/mol. The second-order valence-electron chi connectivity index (χ2n) is 4.51. The lowest BCUT2D eigenvalue weighted by molar-refractivity contribution is 0.180. The van der Waals surface area contributed by atoms with Crippen molar-refractivity contribution in [3.63, 3.8) is 0 Å². The Morgan fingerprint density at radius 2 is 2.15 bits per heavy atom. The molecule has 0 radical (unpaired) electrons. The summed E-state index contributed by atoms with van der Waals surface area (Å²) in [5.74, 6) is -2.42.